The highest BCUT2D eigenvalue weighted by atomic mass is 35.5. The molecule has 2 aliphatic rings. The summed E-state index contributed by atoms with van der Waals surface area (Å²) in [4.78, 5) is 22.8. The molecule has 200 valence electrons. The minimum Gasteiger partial charge on any atom is -0.384 e. The summed E-state index contributed by atoms with van der Waals surface area (Å²) in [5.74, 6) is 1.27. The van der Waals surface area contributed by atoms with E-state index in [1.165, 1.54) is 11.8 Å². The van der Waals surface area contributed by atoms with Gasteiger partial charge < -0.3 is 21.5 Å². The number of aromatic nitrogens is 5. The van der Waals surface area contributed by atoms with E-state index >= 15 is 0 Å². The molecule has 7 rings (SSSR count). The third kappa shape index (κ3) is 3.84. The Hall–Kier alpha value is -3.18. The van der Waals surface area contributed by atoms with Crippen molar-refractivity contribution in [3.05, 3.63) is 64.7 Å². The van der Waals surface area contributed by atoms with Gasteiger partial charge in [-0.15, -0.1) is 0 Å². The van der Waals surface area contributed by atoms with Crippen LogP contribution in [-0.4, -0.2) is 42.5 Å². The van der Waals surface area contributed by atoms with Crippen molar-refractivity contribution in [1.29, 1.82) is 0 Å². The largest absolute Gasteiger partial charge is 0.384 e. The first-order chi connectivity index (χ1) is 18.6. The Morgan fingerprint density at radius 3 is 2.64 bits per heavy atom. The van der Waals surface area contributed by atoms with Crippen LogP contribution in [0, 0.1) is 5.41 Å². The molecule has 0 unspecified atom stereocenters. The Labute approximate surface area is 235 Å². The van der Waals surface area contributed by atoms with Gasteiger partial charge >= 0.3 is 0 Å². The fourth-order valence-corrected chi connectivity index (χ4v) is 7.28. The molecule has 9 nitrogen and oxygen atoms in total. The average Bonchev–Trinajstić information content (AvgIpc) is 3.58. The van der Waals surface area contributed by atoms with Gasteiger partial charge in [-0.3, -0.25) is 9.38 Å². The second-order valence-corrected chi connectivity index (χ2v) is 12.7. The summed E-state index contributed by atoms with van der Waals surface area (Å²) in [6.07, 6.45) is 6.30. The lowest BCUT2D eigenvalue weighted by molar-refractivity contribution is 0.0735. The number of anilines is 2. The molecule has 1 aliphatic carbocycles. The maximum Gasteiger partial charge on any atom is 0.157 e. The number of nitrogens with two attached hydrogens (primary N) is 2. The Balaban J connectivity index is 1.15. The standard InChI is InChI=1S/C28H29ClN8OS/c1-27(2,38)20-5-3-15-16(34-20)13-28(23(15)30)8-11-36(12-9-28)25-17-14-33-26-19(4-6-21(35-25)37(17)26)39-18-7-10-32-24(31)22(18)29/h3-7,10,14,23,38H,8-9,11-13,30H2,1-2H3,(H2,31,32)/t23-/m1/s1. The van der Waals surface area contributed by atoms with E-state index in [0.29, 0.717) is 16.5 Å². The van der Waals surface area contributed by atoms with Crippen molar-refractivity contribution < 1.29 is 5.11 Å². The molecule has 0 aromatic carbocycles. The Bertz CT molecular complexity index is 1720. The van der Waals surface area contributed by atoms with Gasteiger partial charge in [0, 0.05) is 35.9 Å². The second kappa shape index (κ2) is 8.66. The lowest BCUT2D eigenvalue weighted by atomic mass is 9.73. The zero-order valence-corrected chi connectivity index (χ0v) is 23.3. The Morgan fingerprint density at radius 2 is 1.87 bits per heavy atom. The predicted molar refractivity (Wildman–Crippen MR) is 153 cm³/mol. The van der Waals surface area contributed by atoms with Gasteiger partial charge in [-0.2, -0.15) is 0 Å². The molecule has 0 bridgehead atoms. The Morgan fingerprint density at radius 1 is 1.08 bits per heavy atom. The molecule has 39 heavy (non-hydrogen) atoms. The molecule has 1 aliphatic heterocycles. The summed E-state index contributed by atoms with van der Waals surface area (Å²) < 4.78 is 2.11. The molecule has 6 heterocycles. The number of hydrogen-bond donors (Lipinski definition) is 3. The van der Waals surface area contributed by atoms with Crippen molar-refractivity contribution in [2.45, 2.75) is 54.5 Å². The maximum absolute atomic E-state index is 10.4. The summed E-state index contributed by atoms with van der Waals surface area (Å²) in [7, 11) is 0. The number of piperidine rings is 1. The molecule has 1 atom stereocenters. The van der Waals surface area contributed by atoms with Crippen molar-refractivity contribution >= 4 is 51.8 Å². The van der Waals surface area contributed by atoms with E-state index in [4.69, 9.17) is 38.0 Å². The second-order valence-electron chi connectivity index (χ2n) is 11.2. The SMILES string of the molecule is CC(C)(O)c1ccc2c(n1)CC1(CCN(c3nc4ccc(Sc5ccnc(N)c5Cl)c5ncc3n45)CC1)[C@@H]2N. The quantitative estimate of drug-likeness (QED) is 0.289. The summed E-state index contributed by atoms with van der Waals surface area (Å²) in [5, 5.41) is 10.9. The molecule has 1 spiro atoms. The van der Waals surface area contributed by atoms with Gasteiger partial charge in [0.1, 0.15) is 22.6 Å². The summed E-state index contributed by atoms with van der Waals surface area (Å²) in [6, 6.07) is 9.82. The third-order valence-electron chi connectivity index (χ3n) is 8.35. The van der Waals surface area contributed by atoms with Gasteiger partial charge in [0.25, 0.3) is 0 Å². The van der Waals surface area contributed by atoms with Gasteiger partial charge in [-0.05, 0) is 68.4 Å². The molecular formula is C28H29ClN8OS. The van der Waals surface area contributed by atoms with Gasteiger partial charge in [0.15, 0.2) is 11.5 Å². The number of nitrogen functional groups attached to an aromatic ring is 1. The molecule has 11 heteroatoms. The lowest BCUT2D eigenvalue weighted by Gasteiger charge is -2.42. The molecule has 5 aromatic heterocycles. The van der Waals surface area contributed by atoms with Crippen LogP contribution < -0.4 is 16.4 Å². The number of aliphatic hydroxyl groups is 1. The van der Waals surface area contributed by atoms with Crippen LogP contribution in [0.1, 0.15) is 49.7 Å². The smallest absolute Gasteiger partial charge is 0.157 e. The van der Waals surface area contributed by atoms with Crippen LogP contribution in [0.5, 0.6) is 0 Å². The van der Waals surface area contributed by atoms with Gasteiger partial charge in [-0.1, -0.05) is 29.4 Å². The van der Waals surface area contributed by atoms with Crippen LogP contribution >= 0.6 is 23.4 Å². The van der Waals surface area contributed by atoms with Crippen molar-refractivity contribution in [3.8, 4) is 0 Å². The third-order valence-corrected chi connectivity index (χ3v) is 9.96. The number of halogens is 1. The topological polar surface area (TPSA) is 131 Å². The van der Waals surface area contributed by atoms with Crippen molar-refractivity contribution in [2.24, 2.45) is 11.1 Å². The minimum atomic E-state index is -0.971. The zero-order chi connectivity index (χ0) is 27.1. The predicted octanol–water partition coefficient (Wildman–Crippen LogP) is 4.57. The summed E-state index contributed by atoms with van der Waals surface area (Å²) in [5.41, 5.74) is 17.3. The summed E-state index contributed by atoms with van der Waals surface area (Å²) in [6.45, 7) is 5.25. The van der Waals surface area contributed by atoms with E-state index in [9.17, 15) is 5.11 Å². The van der Waals surface area contributed by atoms with Crippen molar-refractivity contribution in [3.63, 3.8) is 0 Å². The molecule has 5 aromatic rings. The molecule has 0 saturated carbocycles. The van der Waals surface area contributed by atoms with E-state index < -0.39 is 5.60 Å². The monoisotopic (exact) mass is 560 g/mol. The van der Waals surface area contributed by atoms with E-state index in [-0.39, 0.29) is 11.5 Å². The number of hydrogen-bond acceptors (Lipinski definition) is 9. The fourth-order valence-electron chi connectivity index (χ4n) is 6.12. The number of nitrogens with zero attached hydrogens (tertiary/aromatic N) is 6. The van der Waals surface area contributed by atoms with Crippen LogP contribution in [0.3, 0.4) is 0 Å². The zero-order valence-electron chi connectivity index (χ0n) is 21.7. The highest BCUT2D eigenvalue weighted by Gasteiger charge is 2.47. The van der Waals surface area contributed by atoms with Gasteiger partial charge in [0.05, 0.1) is 21.8 Å². The lowest BCUT2D eigenvalue weighted by Crippen LogP contribution is -2.44. The molecular weight excluding hydrogens is 532 g/mol. The number of fused-ring (bicyclic) bond motifs is 1. The molecule has 1 saturated heterocycles. The first kappa shape index (κ1) is 24.8. The van der Waals surface area contributed by atoms with E-state index in [1.807, 2.05) is 30.5 Å². The Kier molecular flexibility index (Phi) is 5.51. The molecule has 1 fully saturated rings. The van der Waals surface area contributed by atoms with Crippen LogP contribution in [0.4, 0.5) is 11.6 Å². The highest BCUT2D eigenvalue weighted by molar-refractivity contribution is 7.99. The minimum absolute atomic E-state index is 0.0295. The van der Waals surface area contributed by atoms with E-state index in [0.717, 1.165) is 76.0 Å². The van der Waals surface area contributed by atoms with Crippen LogP contribution in [0.25, 0.3) is 16.8 Å². The van der Waals surface area contributed by atoms with E-state index in [2.05, 4.69) is 20.4 Å². The van der Waals surface area contributed by atoms with Crippen LogP contribution in [0.2, 0.25) is 5.02 Å². The van der Waals surface area contributed by atoms with Crippen LogP contribution in [0.15, 0.2) is 52.5 Å². The van der Waals surface area contributed by atoms with Gasteiger partial charge in [-0.25, -0.2) is 15.0 Å². The molecule has 0 amide bonds. The molecule has 5 N–H and O–H groups in total. The van der Waals surface area contributed by atoms with Crippen molar-refractivity contribution in [2.75, 3.05) is 23.7 Å². The molecule has 0 radical (unpaired) electrons. The average molecular weight is 561 g/mol. The maximum atomic E-state index is 10.4. The normalized spacial score (nSPS) is 19.0. The fraction of sp³-hybridized carbons (Fsp3) is 0.357. The summed E-state index contributed by atoms with van der Waals surface area (Å²) >= 11 is 7.92. The number of imidazole rings is 2. The number of rotatable bonds is 4. The first-order valence-electron chi connectivity index (χ1n) is 13.1. The van der Waals surface area contributed by atoms with Crippen LogP contribution in [-0.2, 0) is 12.0 Å². The van der Waals surface area contributed by atoms with E-state index in [1.54, 1.807) is 20.0 Å². The van der Waals surface area contributed by atoms with Crippen molar-refractivity contribution in [1.82, 2.24) is 24.3 Å². The number of pyridine rings is 3. The van der Waals surface area contributed by atoms with Gasteiger partial charge in [0.2, 0.25) is 0 Å². The first-order valence-corrected chi connectivity index (χ1v) is 14.2. The highest BCUT2D eigenvalue weighted by Crippen LogP contribution is 2.51.